The van der Waals surface area contributed by atoms with E-state index in [0.717, 1.165) is 11.3 Å². The summed E-state index contributed by atoms with van der Waals surface area (Å²) >= 11 is 0. The van der Waals surface area contributed by atoms with Gasteiger partial charge in [-0.05, 0) is 23.8 Å². The second kappa shape index (κ2) is 11.0. The molecule has 1 aromatic heterocycles. The van der Waals surface area contributed by atoms with Gasteiger partial charge in [0.1, 0.15) is 24.3 Å². The molecule has 1 aliphatic rings. The van der Waals surface area contributed by atoms with E-state index in [4.69, 9.17) is 14.0 Å². The Morgan fingerprint density at radius 3 is 2.69 bits per heavy atom. The van der Waals surface area contributed by atoms with Crippen LogP contribution >= 0.6 is 0 Å². The molecular formula is C25H27FN2O4. The number of nitrogens with zero attached hydrogens (tertiary/aromatic N) is 2. The highest BCUT2D eigenvalue weighted by molar-refractivity contribution is 6.01. The van der Waals surface area contributed by atoms with Gasteiger partial charge in [-0.25, -0.2) is 4.39 Å². The molecule has 2 heterocycles. The molecule has 0 bridgehead atoms. The van der Waals surface area contributed by atoms with E-state index in [-0.39, 0.29) is 25.1 Å². The Hall–Kier alpha value is -3.00. The van der Waals surface area contributed by atoms with E-state index < -0.39 is 6.10 Å². The van der Waals surface area contributed by atoms with E-state index in [1.54, 1.807) is 24.5 Å². The minimum atomic E-state index is -0.743. The highest BCUT2D eigenvalue weighted by Gasteiger charge is 2.26. The number of aliphatic hydroxyl groups excluding tert-OH is 1. The molecule has 0 fully saturated rings. The van der Waals surface area contributed by atoms with Gasteiger partial charge >= 0.3 is 0 Å². The van der Waals surface area contributed by atoms with Crippen molar-refractivity contribution in [3.05, 3.63) is 95.7 Å². The quantitative estimate of drug-likeness (QED) is 0.490. The normalized spacial score (nSPS) is 16.7. The zero-order chi connectivity index (χ0) is 22.2. The van der Waals surface area contributed by atoms with Crippen LogP contribution in [0.25, 0.3) is 0 Å². The molecule has 32 heavy (non-hydrogen) atoms. The van der Waals surface area contributed by atoms with Crippen LogP contribution < -0.4 is 0 Å². The SMILES string of the molecule is O[C@@H](COCc1ccco1)CN(Cc1ccccc1F)C[C@@H]1CC(c2ccccc2)=NO1. The summed E-state index contributed by atoms with van der Waals surface area (Å²) in [5, 5.41) is 14.8. The largest absolute Gasteiger partial charge is 0.467 e. The first-order valence-electron chi connectivity index (χ1n) is 10.7. The monoisotopic (exact) mass is 438 g/mol. The van der Waals surface area contributed by atoms with Gasteiger partial charge in [-0.15, -0.1) is 0 Å². The standard InChI is InChI=1S/C25H27FN2O4/c26-24-11-5-4-9-20(24)14-28(15-21(29)17-30-18-22-10-6-12-31-22)16-23-13-25(27-32-23)19-7-2-1-3-8-19/h1-12,21,23,29H,13-18H2/t21-,23+/m1/s1. The van der Waals surface area contributed by atoms with Gasteiger partial charge in [0.2, 0.25) is 0 Å². The van der Waals surface area contributed by atoms with Crippen molar-refractivity contribution >= 4 is 5.71 Å². The van der Waals surface area contributed by atoms with Crippen molar-refractivity contribution in [2.24, 2.45) is 5.16 Å². The molecule has 0 saturated carbocycles. The number of halogens is 1. The lowest BCUT2D eigenvalue weighted by atomic mass is 10.0. The number of rotatable bonds is 11. The van der Waals surface area contributed by atoms with Gasteiger partial charge in [0.25, 0.3) is 0 Å². The maximum absolute atomic E-state index is 14.3. The number of benzene rings is 2. The maximum atomic E-state index is 14.3. The summed E-state index contributed by atoms with van der Waals surface area (Å²) in [6.45, 7) is 1.60. The minimum Gasteiger partial charge on any atom is -0.467 e. The highest BCUT2D eigenvalue weighted by atomic mass is 19.1. The van der Waals surface area contributed by atoms with Crippen LogP contribution in [0.4, 0.5) is 4.39 Å². The van der Waals surface area contributed by atoms with E-state index in [0.29, 0.717) is 37.4 Å². The Bertz CT molecular complexity index is 994. The predicted octanol–water partition coefficient (Wildman–Crippen LogP) is 3.99. The van der Waals surface area contributed by atoms with Crippen molar-refractivity contribution in [3.8, 4) is 0 Å². The topological polar surface area (TPSA) is 67.4 Å². The molecule has 2 atom stereocenters. The molecule has 2 aromatic carbocycles. The number of ether oxygens (including phenoxy) is 1. The molecular weight excluding hydrogens is 411 g/mol. The van der Waals surface area contributed by atoms with Crippen molar-refractivity contribution in [2.75, 3.05) is 19.7 Å². The van der Waals surface area contributed by atoms with Crippen LogP contribution in [0.2, 0.25) is 0 Å². The Labute approximate surface area is 186 Å². The molecule has 0 aliphatic carbocycles. The van der Waals surface area contributed by atoms with E-state index in [9.17, 15) is 9.50 Å². The fraction of sp³-hybridized carbons (Fsp3) is 0.320. The lowest BCUT2D eigenvalue weighted by Gasteiger charge is -2.27. The Balaban J connectivity index is 1.35. The van der Waals surface area contributed by atoms with Crippen molar-refractivity contribution in [1.29, 1.82) is 0 Å². The van der Waals surface area contributed by atoms with Crippen LogP contribution in [0.3, 0.4) is 0 Å². The molecule has 7 heteroatoms. The molecule has 0 amide bonds. The zero-order valence-corrected chi connectivity index (χ0v) is 17.8. The Morgan fingerprint density at radius 2 is 1.91 bits per heavy atom. The first-order valence-corrected chi connectivity index (χ1v) is 10.7. The number of aliphatic hydroxyl groups is 1. The molecule has 0 spiro atoms. The third-order valence-corrected chi connectivity index (χ3v) is 5.26. The van der Waals surface area contributed by atoms with Crippen molar-refractivity contribution < 1.29 is 23.5 Å². The molecule has 0 saturated heterocycles. The van der Waals surface area contributed by atoms with Crippen LogP contribution in [-0.2, 0) is 22.7 Å². The number of hydrogen-bond donors (Lipinski definition) is 1. The van der Waals surface area contributed by atoms with Crippen LogP contribution in [0.1, 0.15) is 23.3 Å². The Morgan fingerprint density at radius 1 is 1.09 bits per heavy atom. The van der Waals surface area contributed by atoms with Gasteiger partial charge < -0.3 is 19.1 Å². The second-order valence-electron chi connectivity index (χ2n) is 7.87. The highest BCUT2D eigenvalue weighted by Crippen LogP contribution is 2.19. The van der Waals surface area contributed by atoms with Crippen molar-refractivity contribution in [1.82, 2.24) is 4.90 Å². The molecule has 0 radical (unpaired) electrons. The van der Waals surface area contributed by atoms with Crippen LogP contribution in [0.15, 0.2) is 82.6 Å². The van der Waals surface area contributed by atoms with Crippen LogP contribution in [0, 0.1) is 5.82 Å². The van der Waals surface area contributed by atoms with E-state index >= 15 is 0 Å². The molecule has 168 valence electrons. The Kier molecular flexibility index (Phi) is 7.66. The second-order valence-corrected chi connectivity index (χ2v) is 7.87. The fourth-order valence-electron chi connectivity index (χ4n) is 3.73. The van der Waals surface area contributed by atoms with Crippen LogP contribution in [0.5, 0.6) is 0 Å². The molecule has 6 nitrogen and oxygen atoms in total. The lowest BCUT2D eigenvalue weighted by Crippen LogP contribution is -2.39. The summed E-state index contributed by atoms with van der Waals surface area (Å²) in [6, 6.07) is 20.2. The van der Waals surface area contributed by atoms with Gasteiger partial charge in [-0.3, -0.25) is 4.90 Å². The summed E-state index contributed by atoms with van der Waals surface area (Å²) in [6.07, 6.45) is 1.32. The average Bonchev–Trinajstić information content (AvgIpc) is 3.48. The molecule has 0 unspecified atom stereocenters. The molecule has 1 aliphatic heterocycles. The van der Waals surface area contributed by atoms with Gasteiger partial charge in [-0.2, -0.15) is 0 Å². The van der Waals surface area contributed by atoms with E-state index in [2.05, 4.69) is 5.16 Å². The lowest BCUT2D eigenvalue weighted by molar-refractivity contribution is -0.00976. The summed E-state index contributed by atoms with van der Waals surface area (Å²) < 4.78 is 25.1. The average molecular weight is 438 g/mol. The number of oxime groups is 1. The fourth-order valence-corrected chi connectivity index (χ4v) is 3.73. The van der Waals surface area contributed by atoms with Crippen molar-refractivity contribution in [3.63, 3.8) is 0 Å². The molecule has 3 aromatic rings. The maximum Gasteiger partial charge on any atom is 0.145 e. The van der Waals surface area contributed by atoms with Gasteiger partial charge in [0.15, 0.2) is 0 Å². The third-order valence-electron chi connectivity index (χ3n) is 5.26. The minimum absolute atomic E-state index is 0.145. The summed E-state index contributed by atoms with van der Waals surface area (Å²) in [7, 11) is 0. The smallest absolute Gasteiger partial charge is 0.145 e. The first-order chi connectivity index (χ1) is 15.7. The summed E-state index contributed by atoms with van der Waals surface area (Å²) in [4.78, 5) is 7.64. The van der Waals surface area contributed by atoms with Gasteiger partial charge in [0, 0.05) is 31.6 Å². The number of furan rings is 1. The molecule has 1 N–H and O–H groups in total. The van der Waals surface area contributed by atoms with E-state index in [1.165, 1.54) is 6.07 Å². The summed E-state index contributed by atoms with van der Waals surface area (Å²) in [5.74, 6) is 0.431. The predicted molar refractivity (Wildman–Crippen MR) is 119 cm³/mol. The van der Waals surface area contributed by atoms with Gasteiger partial charge in [-0.1, -0.05) is 53.7 Å². The van der Waals surface area contributed by atoms with Crippen molar-refractivity contribution in [2.45, 2.75) is 31.8 Å². The van der Waals surface area contributed by atoms with Crippen LogP contribution in [-0.4, -0.2) is 47.6 Å². The zero-order valence-electron chi connectivity index (χ0n) is 17.8. The first kappa shape index (κ1) is 22.2. The molecule has 4 rings (SSSR count). The number of hydrogen-bond acceptors (Lipinski definition) is 6. The van der Waals surface area contributed by atoms with Gasteiger partial charge in [0.05, 0.1) is 24.7 Å². The summed E-state index contributed by atoms with van der Waals surface area (Å²) in [5.41, 5.74) is 2.49. The van der Waals surface area contributed by atoms with E-state index in [1.807, 2.05) is 47.4 Å². The third kappa shape index (κ3) is 6.26.